The van der Waals surface area contributed by atoms with Crippen LogP contribution < -0.4 is 4.90 Å². The number of carbonyl (C=O) groups is 5. The largest absolute Gasteiger partial charge is 0.465 e. The number of rotatable bonds is 6. The molecular formula is C32H22N2O6. The lowest BCUT2D eigenvalue weighted by Gasteiger charge is -2.14. The maximum atomic E-state index is 13.7. The van der Waals surface area contributed by atoms with Crippen molar-refractivity contribution in [2.45, 2.75) is 12.1 Å². The number of nitrogens with zero attached hydrogens (tertiary/aromatic N) is 2. The second kappa shape index (κ2) is 9.74. The first-order chi connectivity index (χ1) is 19.4. The van der Waals surface area contributed by atoms with Crippen LogP contribution in [0.5, 0.6) is 0 Å². The van der Waals surface area contributed by atoms with E-state index in [1.54, 1.807) is 24.3 Å². The average molecular weight is 531 g/mol. The highest BCUT2D eigenvalue weighted by molar-refractivity contribution is 6.34. The minimum Gasteiger partial charge on any atom is -0.465 e. The highest BCUT2D eigenvalue weighted by Gasteiger charge is 2.56. The Balaban J connectivity index is 1.30. The Morgan fingerprint density at radius 1 is 0.675 bits per heavy atom. The second-order valence-electron chi connectivity index (χ2n) is 9.49. The third-order valence-corrected chi connectivity index (χ3v) is 7.19. The zero-order chi connectivity index (χ0) is 28.0. The van der Waals surface area contributed by atoms with Gasteiger partial charge < -0.3 is 9.64 Å². The van der Waals surface area contributed by atoms with Gasteiger partial charge in [-0.3, -0.25) is 19.2 Å². The molecule has 2 atom stereocenters. The number of esters is 1. The number of anilines is 1. The molecule has 2 aliphatic rings. The minimum absolute atomic E-state index is 0.0944. The van der Waals surface area contributed by atoms with E-state index >= 15 is 0 Å². The molecule has 0 radical (unpaired) electrons. The summed E-state index contributed by atoms with van der Waals surface area (Å²) >= 11 is 0. The van der Waals surface area contributed by atoms with Gasteiger partial charge in [-0.1, -0.05) is 60.7 Å². The molecule has 1 saturated heterocycles. The molecular weight excluding hydrogens is 508 g/mol. The summed E-state index contributed by atoms with van der Waals surface area (Å²) in [5, 5.41) is 0. The average Bonchev–Trinajstić information content (AvgIpc) is 3.71. The third-order valence-electron chi connectivity index (χ3n) is 7.19. The molecule has 8 heteroatoms. The summed E-state index contributed by atoms with van der Waals surface area (Å²) in [5.41, 5.74) is 2.37. The van der Waals surface area contributed by atoms with Crippen molar-refractivity contribution in [2.75, 3.05) is 12.0 Å². The molecule has 4 aromatic carbocycles. The van der Waals surface area contributed by atoms with Gasteiger partial charge in [-0.15, -0.1) is 0 Å². The predicted octanol–water partition coefficient (Wildman–Crippen LogP) is 4.72. The van der Waals surface area contributed by atoms with Crippen LogP contribution in [0.2, 0.25) is 0 Å². The Bertz CT molecular complexity index is 1680. The Morgan fingerprint density at radius 2 is 1.27 bits per heavy atom. The monoisotopic (exact) mass is 530 g/mol. The van der Waals surface area contributed by atoms with E-state index in [0.717, 1.165) is 10.5 Å². The van der Waals surface area contributed by atoms with Crippen LogP contribution in [0.4, 0.5) is 5.69 Å². The van der Waals surface area contributed by atoms with Gasteiger partial charge in [0.15, 0.2) is 5.78 Å². The number of ketones is 1. The van der Waals surface area contributed by atoms with Crippen LogP contribution in [0.3, 0.4) is 0 Å². The van der Waals surface area contributed by atoms with E-state index in [0.29, 0.717) is 5.56 Å². The van der Waals surface area contributed by atoms with Gasteiger partial charge in [0.05, 0.1) is 35.5 Å². The number of Topliss-reactive ketones (excluding diaryl/α,β-unsaturated/α-hetero) is 1. The Hall–Kier alpha value is -5.37. The molecule has 0 bridgehead atoms. The van der Waals surface area contributed by atoms with Crippen LogP contribution in [0.25, 0.3) is 0 Å². The Kier molecular flexibility index (Phi) is 6.07. The lowest BCUT2D eigenvalue weighted by Crippen LogP contribution is -2.29. The number of benzene rings is 4. The zero-order valence-corrected chi connectivity index (χ0v) is 21.3. The number of imide groups is 1. The number of hydrogen-bond donors (Lipinski definition) is 0. The third kappa shape index (κ3) is 4.06. The molecule has 0 aromatic heterocycles. The van der Waals surface area contributed by atoms with Gasteiger partial charge in [0.1, 0.15) is 6.04 Å². The number of methoxy groups -OCH3 is 1. The lowest BCUT2D eigenvalue weighted by atomic mass is 10.0. The number of carbonyl (C=O) groups excluding carboxylic acids is 5. The molecule has 40 heavy (non-hydrogen) atoms. The Morgan fingerprint density at radius 3 is 1.93 bits per heavy atom. The summed E-state index contributed by atoms with van der Waals surface area (Å²) in [5.74, 6) is -2.23. The van der Waals surface area contributed by atoms with E-state index in [4.69, 9.17) is 4.74 Å². The topological polar surface area (TPSA) is 101 Å². The van der Waals surface area contributed by atoms with Crippen molar-refractivity contribution in [3.63, 3.8) is 0 Å². The molecule has 8 nitrogen and oxygen atoms in total. The predicted molar refractivity (Wildman–Crippen MR) is 145 cm³/mol. The molecule has 0 saturated carbocycles. The van der Waals surface area contributed by atoms with Crippen LogP contribution in [0, 0.1) is 0 Å². The van der Waals surface area contributed by atoms with E-state index in [1.807, 2.05) is 36.4 Å². The molecule has 2 heterocycles. The molecule has 0 unspecified atom stereocenters. The van der Waals surface area contributed by atoms with Crippen molar-refractivity contribution in [1.29, 1.82) is 0 Å². The van der Waals surface area contributed by atoms with Gasteiger partial charge in [-0.2, -0.15) is 0 Å². The van der Waals surface area contributed by atoms with Gasteiger partial charge in [0, 0.05) is 11.1 Å². The number of fused-ring (bicyclic) bond motifs is 1. The zero-order valence-electron chi connectivity index (χ0n) is 21.3. The van der Waals surface area contributed by atoms with E-state index < -0.39 is 35.8 Å². The standard InChI is InChI=1S/C32H22N2O6/c1-40-32(39)21-12-15-23(16-13-21)33-30(37)24-17-14-22(18-25(24)31(33)38)29(36)34-26(19-8-4-2-5-9-19)27(34)28(35)20-10-6-3-7-11-20/h2-18,26-27H,1H3/t26-,27+,34?/m1/s1. The van der Waals surface area contributed by atoms with Crippen molar-refractivity contribution in [1.82, 2.24) is 4.90 Å². The summed E-state index contributed by atoms with van der Waals surface area (Å²) in [7, 11) is 1.26. The fourth-order valence-electron chi connectivity index (χ4n) is 5.14. The van der Waals surface area contributed by atoms with Crippen LogP contribution in [0.15, 0.2) is 103 Å². The van der Waals surface area contributed by atoms with Crippen LogP contribution in [-0.2, 0) is 4.74 Å². The quantitative estimate of drug-likeness (QED) is 0.155. The minimum atomic E-state index is -0.687. The van der Waals surface area contributed by atoms with E-state index in [1.165, 1.54) is 54.5 Å². The molecule has 0 N–H and O–H groups in total. The van der Waals surface area contributed by atoms with Gasteiger partial charge in [0.25, 0.3) is 17.7 Å². The first-order valence-corrected chi connectivity index (χ1v) is 12.6. The summed E-state index contributed by atoms with van der Waals surface area (Å²) in [6, 6.07) is 27.3. The number of hydrogen-bond acceptors (Lipinski definition) is 6. The van der Waals surface area contributed by atoms with Crippen LogP contribution in [-0.4, -0.2) is 47.5 Å². The highest BCUT2D eigenvalue weighted by atomic mass is 16.5. The van der Waals surface area contributed by atoms with E-state index in [2.05, 4.69) is 0 Å². The van der Waals surface area contributed by atoms with E-state index in [-0.39, 0.29) is 33.7 Å². The van der Waals surface area contributed by atoms with Crippen LogP contribution >= 0.6 is 0 Å². The summed E-state index contributed by atoms with van der Waals surface area (Å²) in [4.78, 5) is 67.8. The first-order valence-electron chi connectivity index (χ1n) is 12.6. The molecule has 196 valence electrons. The maximum absolute atomic E-state index is 13.7. The van der Waals surface area contributed by atoms with Gasteiger partial charge in [0.2, 0.25) is 0 Å². The molecule has 4 aromatic rings. The van der Waals surface area contributed by atoms with Gasteiger partial charge in [-0.05, 0) is 48.0 Å². The van der Waals surface area contributed by atoms with Crippen molar-refractivity contribution in [3.8, 4) is 0 Å². The molecule has 3 amide bonds. The smallest absolute Gasteiger partial charge is 0.337 e. The van der Waals surface area contributed by atoms with Crippen molar-refractivity contribution in [2.24, 2.45) is 0 Å². The normalized spacial score (nSPS) is 17.4. The maximum Gasteiger partial charge on any atom is 0.337 e. The van der Waals surface area contributed by atoms with Gasteiger partial charge in [-0.25, -0.2) is 9.69 Å². The van der Waals surface area contributed by atoms with E-state index in [9.17, 15) is 24.0 Å². The molecule has 1 fully saturated rings. The molecule has 2 aliphatic heterocycles. The molecule has 0 spiro atoms. The summed E-state index contributed by atoms with van der Waals surface area (Å²) in [6.45, 7) is 0. The summed E-state index contributed by atoms with van der Waals surface area (Å²) in [6.07, 6.45) is 0. The highest BCUT2D eigenvalue weighted by Crippen LogP contribution is 2.46. The fraction of sp³-hybridized carbons (Fsp3) is 0.0938. The summed E-state index contributed by atoms with van der Waals surface area (Å²) < 4.78 is 4.69. The van der Waals surface area contributed by atoms with Crippen molar-refractivity contribution < 1.29 is 28.7 Å². The SMILES string of the molecule is COC(=O)c1ccc(N2C(=O)c3ccc(C(=O)N4[C@H](C(=O)c5ccccc5)[C@H]4c4ccccc4)cc3C2=O)cc1. The van der Waals surface area contributed by atoms with Gasteiger partial charge >= 0.3 is 5.97 Å². The second-order valence-corrected chi connectivity index (χ2v) is 9.49. The fourth-order valence-corrected chi connectivity index (χ4v) is 5.14. The first kappa shape index (κ1) is 24.9. The number of ether oxygens (including phenoxy) is 1. The van der Waals surface area contributed by atoms with Crippen LogP contribution in [0.1, 0.15) is 63.4 Å². The Labute approximate surface area is 229 Å². The van der Waals surface area contributed by atoms with Crippen molar-refractivity contribution in [3.05, 3.63) is 137 Å². The lowest BCUT2D eigenvalue weighted by molar-refractivity contribution is 0.0600. The number of amides is 3. The molecule has 6 rings (SSSR count). The van der Waals surface area contributed by atoms with Crippen molar-refractivity contribution >= 4 is 35.2 Å². The molecule has 0 aliphatic carbocycles.